The third-order valence-corrected chi connectivity index (χ3v) is 5.26. The lowest BCUT2D eigenvalue weighted by atomic mass is 9.82. The highest BCUT2D eigenvalue weighted by atomic mass is 19.4. The van der Waals surface area contributed by atoms with Crippen LogP contribution in [0.25, 0.3) is 0 Å². The fraction of sp³-hybridized carbons (Fsp3) is 0.421. The first kappa shape index (κ1) is 22.4. The highest BCUT2D eigenvalue weighted by Gasteiger charge is 2.46. The number of rotatable bonds is 2. The minimum absolute atomic E-state index is 0.0904. The summed E-state index contributed by atoms with van der Waals surface area (Å²) < 4.78 is 44.7. The number of hydrogen-bond acceptors (Lipinski definition) is 6. The third kappa shape index (κ3) is 5.44. The number of carbonyl (C=O) groups excluding carboxylic acids is 1. The number of amides is 1. The van der Waals surface area contributed by atoms with E-state index < -0.39 is 18.0 Å². The van der Waals surface area contributed by atoms with E-state index in [2.05, 4.69) is 20.3 Å². The van der Waals surface area contributed by atoms with E-state index in [1.807, 2.05) is 17.0 Å². The molecule has 4 rings (SSSR count). The van der Waals surface area contributed by atoms with Gasteiger partial charge in [-0.3, -0.25) is 9.78 Å². The number of carboxylic acids is 1. The summed E-state index contributed by atoms with van der Waals surface area (Å²) in [4.78, 5) is 35.5. The minimum atomic E-state index is -5.08. The predicted molar refractivity (Wildman–Crippen MR) is 99.6 cm³/mol. The minimum Gasteiger partial charge on any atom is -0.475 e. The number of anilines is 1. The van der Waals surface area contributed by atoms with E-state index in [1.165, 1.54) is 12.4 Å². The van der Waals surface area contributed by atoms with E-state index in [0.29, 0.717) is 5.95 Å². The fourth-order valence-corrected chi connectivity index (χ4v) is 3.68. The molecule has 1 atom stereocenters. The van der Waals surface area contributed by atoms with Crippen molar-refractivity contribution in [1.29, 1.82) is 0 Å². The number of nitrogens with one attached hydrogen (secondary N) is 1. The molecule has 12 heteroatoms. The van der Waals surface area contributed by atoms with Crippen molar-refractivity contribution < 1.29 is 32.3 Å². The normalized spacial score (nSPS) is 20.1. The largest absolute Gasteiger partial charge is 0.490 e. The van der Waals surface area contributed by atoms with Gasteiger partial charge in [-0.2, -0.15) is 13.2 Å². The summed E-state index contributed by atoms with van der Waals surface area (Å²) in [7, 11) is 0. The first-order valence-corrected chi connectivity index (χ1v) is 9.34. The summed E-state index contributed by atoms with van der Waals surface area (Å²) in [5.74, 6) is -2.67. The first-order valence-electron chi connectivity index (χ1n) is 9.34. The van der Waals surface area contributed by atoms with Crippen LogP contribution >= 0.6 is 0 Å². The second kappa shape index (κ2) is 8.82. The van der Waals surface area contributed by atoms with Gasteiger partial charge in [-0.15, -0.1) is 0 Å². The number of hydrogen-bond donors (Lipinski definition) is 2. The molecule has 1 spiro atoms. The summed E-state index contributed by atoms with van der Waals surface area (Å²) in [5.41, 5.74) is 0.852. The molecule has 1 unspecified atom stereocenters. The number of carboxylic acid groups (broad SMARTS) is 1. The van der Waals surface area contributed by atoms with Crippen LogP contribution in [0.4, 0.5) is 23.5 Å². The highest BCUT2D eigenvalue weighted by Crippen LogP contribution is 2.39. The van der Waals surface area contributed by atoms with E-state index in [-0.39, 0.29) is 17.4 Å². The molecule has 2 aromatic rings. The molecule has 0 radical (unpaired) electrons. The van der Waals surface area contributed by atoms with Gasteiger partial charge in [0.1, 0.15) is 0 Å². The zero-order valence-electron chi connectivity index (χ0n) is 16.1. The quantitative estimate of drug-likeness (QED) is 0.689. The van der Waals surface area contributed by atoms with E-state index in [0.717, 1.165) is 37.9 Å². The molecular weight excluding hydrogens is 422 g/mol. The molecule has 4 heterocycles. The van der Waals surface area contributed by atoms with Crippen LogP contribution in [0.15, 0.2) is 36.9 Å². The van der Waals surface area contributed by atoms with Crippen molar-refractivity contribution in [2.45, 2.75) is 36.9 Å². The second-order valence-corrected chi connectivity index (χ2v) is 7.30. The predicted octanol–water partition coefficient (Wildman–Crippen LogP) is 2.29. The van der Waals surface area contributed by atoms with Gasteiger partial charge in [-0.1, -0.05) is 0 Å². The molecule has 8 nitrogen and oxygen atoms in total. The maximum atomic E-state index is 12.9. The second-order valence-electron chi connectivity index (χ2n) is 7.30. The number of carbonyl (C=O) groups is 2. The summed E-state index contributed by atoms with van der Waals surface area (Å²) in [6, 6.07) is 3.81. The number of aromatic nitrogens is 3. The Morgan fingerprint density at radius 3 is 2.23 bits per heavy atom. The summed E-state index contributed by atoms with van der Waals surface area (Å²) in [5, 5.41) is 10.3. The third-order valence-electron chi connectivity index (χ3n) is 5.26. The van der Waals surface area contributed by atoms with Crippen LogP contribution in [0, 0.1) is 5.82 Å². The van der Waals surface area contributed by atoms with Crippen molar-refractivity contribution in [2.24, 2.45) is 0 Å². The number of pyridine rings is 1. The molecule has 31 heavy (non-hydrogen) atoms. The first-order chi connectivity index (χ1) is 14.6. The van der Waals surface area contributed by atoms with Crippen LogP contribution < -0.4 is 10.2 Å². The Labute approximate surface area is 174 Å². The van der Waals surface area contributed by atoms with Gasteiger partial charge in [0.05, 0.1) is 18.3 Å². The topological polar surface area (TPSA) is 108 Å². The molecular formula is C19H19F4N5O3. The molecule has 2 aromatic heterocycles. The van der Waals surface area contributed by atoms with Gasteiger partial charge in [0.15, 0.2) is 5.82 Å². The molecule has 0 bridgehead atoms. The molecule has 1 amide bonds. The standard InChI is InChI=1S/C17H18FN5O.C2HF3O2/c18-13-10-20-16(21-11-13)23-7-3-17(4-8-23)9-14(15(24)22-17)12-1-5-19-6-2-12;3-2(4,5)1(6)7/h1-2,5-6,10-11,14H,3-4,7-9H2,(H,22,24);(H,6,7). The van der Waals surface area contributed by atoms with Gasteiger partial charge in [0.25, 0.3) is 0 Å². The maximum Gasteiger partial charge on any atom is 0.490 e. The molecule has 2 N–H and O–H groups in total. The Hall–Kier alpha value is -3.31. The number of halogens is 4. The lowest BCUT2D eigenvalue weighted by Crippen LogP contribution is -2.51. The molecule has 0 aromatic carbocycles. The van der Waals surface area contributed by atoms with E-state index in [1.54, 1.807) is 12.4 Å². The zero-order chi connectivity index (χ0) is 22.6. The molecule has 2 aliphatic heterocycles. The number of piperidine rings is 1. The van der Waals surface area contributed by atoms with Crippen molar-refractivity contribution in [3.05, 3.63) is 48.3 Å². The van der Waals surface area contributed by atoms with Crippen LogP contribution in [0.3, 0.4) is 0 Å². The van der Waals surface area contributed by atoms with Crippen molar-refractivity contribution in [3.63, 3.8) is 0 Å². The van der Waals surface area contributed by atoms with Gasteiger partial charge in [0.2, 0.25) is 11.9 Å². The average Bonchev–Trinajstić information content (AvgIpc) is 3.05. The van der Waals surface area contributed by atoms with Crippen molar-refractivity contribution in [2.75, 3.05) is 18.0 Å². The Balaban J connectivity index is 0.000000339. The van der Waals surface area contributed by atoms with Crippen molar-refractivity contribution in [1.82, 2.24) is 20.3 Å². The van der Waals surface area contributed by atoms with Crippen LogP contribution in [0.2, 0.25) is 0 Å². The average molecular weight is 441 g/mol. The number of alkyl halides is 3. The molecule has 166 valence electrons. The lowest BCUT2D eigenvalue weighted by molar-refractivity contribution is -0.192. The van der Waals surface area contributed by atoms with Gasteiger partial charge >= 0.3 is 12.1 Å². The van der Waals surface area contributed by atoms with E-state index >= 15 is 0 Å². The highest BCUT2D eigenvalue weighted by molar-refractivity contribution is 5.87. The van der Waals surface area contributed by atoms with Gasteiger partial charge < -0.3 is 15.3 Å². The van der Waals surface area contributed by atoms with Gasteiger partial charge in [-0.25, -0.2) is 19.2 Å². The van der Waals surface area contributed by atoms with E-state index in [4.69, 9.17) is 9.90 Å². The molecule has 0 saturated carbocycles. The molecule has 2 aliphatic rings. The van der Waals surface area contributed by atoms with Gasteiger partial charge in [-0.05, 0) is 37.0 Å². The summed E-state index contributed by atoms with van der Waals surface area (Å²) in [6.45, 7) is 1.49. The number of nitrogens with zero attached hydrogens (tertiary/aromatic N) is 4. The molecule has 2 saturated heterocycles. The van der Waals surface area contributed by atoms with Crippen LogP contribution in [0.1, 0.15) is 30.7 Å². The maximum absolute atomic E-state index is 12.9. The Morgan fingerprint density at radius 2 is 1.71 bits per heavy atom. The smallest absolute Gasteiger partial charge is 0.475 e. The Bertz CT molecular complexity index is 916. The molecule has 0 aliphatic carbocycles. The van der Waals surface area contributed by atoms with Gasteiger partial charge in [0, 0.05) is 31.0 Å². The number of aliphatic carboxylic acids is 1. The monoisotopic (exact) mass is 441 g/mol. The Kier molecular flexibility index (Phi) is 6.37. The lowest BCUT2D eigenvalue weighted by Gasteiger charge is -2.39. The summed E-state index contributed by atoms with van der Waals surface area (Å²) >= 11 is 0. The zero-order valence-corrected chi connectivity index (χ0v) is 16.1. The van der Waals surface area contributed by atoms with Crippen LogP contribution in [0.5, 0.6) is 0 Å². The van der Waals surface area contributed by atoms with Crippen molar-refractivity contribution >= 4 is 17.8 Å². The summed E-state index contributed by atoms with van der Waals surface area (Å²) in [6.07, 6.45) is 3.20. The SMILES string of the molecule is O=C(O)C(F)(F)F.O=C1NC2(CCN(c3ncc(F)cn3)CC2)CC1c1ccncc1. The van der Waals surface area contributed by atoms with Crippen LogP contribution in [-0.4, -0.2) is 56.7 Å². The fourth-order valence-electron chi connectivity index (χ4n) is 3.68. The van der Waals surface area contributed by atoms with E-state index in [9.17, 15) is 22.4 Å². The van der Waals surface area contributed by atoms with Crippen LogP contribution in [-0.2, 0) is 9.59 Å². The Morgan fingerprint density at radius 1 is 1.16 bits per heavy atom. The van der Waals surface area contributed by atoms with Crippen molar-refractivity contribution in [3.8, 4) is 0 Å². The molecule has 2 fully saturated rings.